The first-order valence-electron chi connectivity index (χ1n) is 5.06. The average molecular weight is 191 g/mol. The Hall–Kier alpha value is -1.02. The number of phenols is 1. The van der Waals surface area contributed by atoms with Gasteiger partial charge in [-0.05, 0) is 11.0 Å². The molecule has 1 aromatic rings. The van der Waals surface area contributed by atoms with E-state index in [0.717, 1.165) is 17.7 Å². The highest BCUT2D eigenvalue weighted by Gasteiger charge is 2.28. The van der Waals surface area contributed by atoms with Crippen LogP contribution in [0, 0.1) is 0 Å². The second-order valence-corrected chi connectivity index (χ2v) is 4.95. The fourth-order valence-electron chi connectivity index (χ4n) is 1.73. The summed E-state index contributed by atoms with van der Waals surface area (Å²) in [6, 6.07) is 6.39. The Morgan fingerprint density at radius 3 is 2.50 bits per heavy atom. The summed E-state index contributed by atoms with van der Waals surface area (Å²) in [6.45, 7) is 7.34. The molecule has 76 valence electrons. The number of hydrogen-bond acceptors (Lipinski definition) is 2. The van der Waals surface area contributed by atoms with Gasteiger partial charge in [-0.25, -0.2) is 0 Å². The third-order valence-electron chi connectivity index (χ3n) is 2.66. The highest BCUT2D eigenvalue weighted by Crippen LogP contribution is 2.37. The summed E-state index contributed by atoms with van der Waals surface area (Å²) in [4.78, 5) is 0. The van der Waals surface area contributed by atoms with Gasteiger partial charge in [-0.3, -0.25) is 0 Å². The molecule has 0 aromatic heterocycles. The van der Waals surface area contributed by atoms with Crippen molar-refractivity contribution in [1.29, 1.82) is 0 Å². The van der Waals surface area contributed by atoms with Crippen molar-refractivity contribution in [2.24, 2.45) is 0 Å². The van der Waals surface area contributed by atoms with Crippen LogP contribution in [0.2, 0.25) is 0 Å². The lowest BCUT2D eigenvalue weighted by molar-refractivity contribution is 0.440. The van der Waals surface area contributed by atoms with Gasteiger partial charge in [-0.2, -0.15) is 0 Å². The average Bonchev–Trinajstić information content (AvgIpc) is 2.85. The predicted molar refractivity (Wildman–Crippen MR) is 57.6 cm³/mol. The van der Waals surface area contributed by atoms with E-state index in [1.54, 1.807) is 0 Å². The molecule has 1 saturated heterocycles. The van der Waals surface area contributed by atoms with E-state index in [2.05, 4.69) is 26.1 Å². The van der Waals surface area contributed by atoms with Gasteiger partial charge in [0.25, 0.3) is 0 Å². The van der Waals surface area contributed by atoms with Crippen molar-refractivity contribution in [3.8, 4) is 5.75 Å². The molecular weight excluding hydrogens is 174 g/mol. The van der Waals surface area contributed by atoms with Crippen LogP contribution in [0.25, 0.3) is 0 Å². The van der Waals surface area contributed by atoms with Gasteiger partial charge in [0.15, 0.2) is 0 Å². The molecule has 0 saturated carbocycles. The van der Waals surface area contributed by atoms with Crippen molar-refractivity contribution in [2.45, 2.75) is 32.2 Å². The zero-order valence-electron chi connectivity index (χ0n) is 8.96. The van der Waals surface area contributed by atoms with Gasteiger partial charge in [0.1, 0.15) is 5.75 Å². The van der Waals surface area contributed by atoms with Crippen LogP contribution in [0.3, 0.4) is 0 Å². The lowest BCUT2D eigenvalue weighted by Crippen LogP contribution is -2.11. The number of nitrogens with one attached hydrogen (secondary N) is 1. The summed E-state index contributed by atoms with van der Waals surface area (Å²) in [5.74, 6) is 0.468. The molecule has 1 aliphatic rings. The first-order valence-corrected chi connectivity index (χ1v) is 5.06. The Balaban J connectivity index is 2.46. The molecule has 0 aliphatic carbocycles. The molecule has 0 radical (unpaired) electrons. The van der Waals surface area contributed by atoms with Crippen LogP contribution in [0.1, 0.15) is 37.9 Å². The number of phenolic OH excluding ortho intramolecular Hbond substituents is 1. The van der Waals surface area contributed by atoms with E-state index in [1.807, 2.05) is 18.2 Å². The minimum Gasteiger partial charge on any atom is -0.507 e. The van der Waals surface area contributed by atoms with Crippen molar-refractivity contribution >= 4 is 0 Å². The van der Waals surface area contributed by atoms with E-state index >= 15 is 0 Å². The first kappa shape index (κ1) is 9.53. The Labute approximate surface area is 85.0 Å². The van der Waals surface area contributed by atoms with Crippen molar-refractivity contribution in [1.82, 2.24) is 5.32 Å². The SMILES string of the molecule is CC(C)(C)c1cccc([C@H]2CN2)c1O. The monoisotopic (exact) mass is 191 g/mol. The molecule has 2 rings (SSSR count). The molecule has 0 spiro atoms. The Morgan fingerprint density at radius 1 is 1.36 bits per heavy atom. The van der Waals surface area contributed by atoms with E-state index in [0.29, 0.717) is 11.8 Å². The molecule has 1 heterocycles. The van der Waals surface area contributed by atoms with E-state index in [4.69, 9.17) is 0 Å². The summed E-state index contributed by atoms with van der Waals surface area (Å²) in [5.41, 5.74) is 2.08. The van der Waals surface area contributed by atoms with Gasteiger partial charge < -0.3 is 10.4 Å². The Kier molecular flexibility index (Phi) is 2.04. The van der Waals surface area contributed by atoms with Gasteiger partial charge in [-0.15, -0.1) is 0 Å². The van der Waals surface area contributed by atoms with Crippen LogP contribution in [0.15, 0.2) is 18.2 Å². The molecule has 0 amide bonds. The van der Waals surface area contributed by atoms with Crippen LogP contribution in [0.4, 0.5) is 0 Å². The summed E-state index contributed by atoms with van der Waals surface area (Å²) in [7, 11) is 0. The highest BCUT2D eigenvalue weighted by molar-refractivity contribution is 5.46. The molecule has 1 aromatic carbocycles. The van der Waals surface area contributed by atoms with Gasteiger partial charge in [0.2, 0.25) is 0 Å². The second-order valence-electron chi connectivity index (χ2n) is 4.95. The largest absolute Gasteiger partial charge is 0.507 e. The van der Waals surface area contributed by atoms with Crippen LogP contribution in [-0.4, -0.2) is 11.7 Å². The normalized spacial score (nSPS) is 20.9. The quantitative estimate of drug-likeness (QED) is 0.669. The van der Waals surface area contributed by atoms with Crippen molar-refractivity contribution in [2.75, 3.05) is 6.54 Å². The van der Waals surface area contributed by atoms with E-state index in [-0.39, 0.29) is 5.41 Å². The maximum atomic E-state index is 10.1. The van der Waals surface area contributed by atoms with Crippen molar-refractivity contribution in [3.63, 3.8) is 0 Å². The molecule has 14 heavy (non-hydrogen) atoms. The van der Waals surface area contributed by atoms with Gasteiger partial charge in [-0.1, -0.05) is 39.0 Å². The molecule has 1 atom stereocenters. The molecule has 1 aliphatic heterocycles. The summed E-state index contributed by atoms with van der Waals surface area (Å²) < 4.78 is 0. The van der Waals surface area contributed by atoms with Crippen LogP contribution in [0.5, 0.6) is 5.75 Å². The zero-order valence-corrected chi connectivity index (χ0v) is 8.96. The van der Waals surface area contributed by atoms with Gasteiger partial charge in [0, 0.05) is 18.2 Å². The zero-order chi connectivity index (χ0) is 10.3. The fourth-order valence-corrected chi connectivity index (χ4v) is 1.73. The third-order valence-corrected chi connectivity index (χ3v) is 2.66. The highest BCUT2D eigenvalue weighted by atomic mass is 16.3. The van der Waals surface area contributed by atoms with Crippen molar-refractivity contribution in [3.05, 3.63) is 29.3 Å². The van der Waals surface area contributed by atoms with Crippen molar-refractivity contribution < 1.29 is 5.11 Å². The van der Waals surface area contributed by atoms with Crippen LogP contribution < -0.4 is 5.32 Å². The predicted octanol–water partition coefficient (Wildman–Crippen LogP) is 2.33. The number of aromatic hydroxyl groups is 1. The van der Waals surface area contributed by atoms with E-state index < -0.39 is 0 Å². The molecule has 0 unspecified atom stereocenters. The first-order chi connectivity index (χ1) is 6.50. The van der Waals surface area contributed by atoms with Crippen LogP contribution in [-0.2, 0) is 5.41 Å². The van der Waals surface area contributed by atoms with Crippen LogP contribution >= 0.6 is 0 Å². The van der Waals surface area contributed by atoms with E-state index in [1.165, 1.54) is 0 Å². The van der Waals surface area contributed by atoms with Gasteiger partial charge >= 0.3 is 0 Å². The summed E-state index contributed by atoms with van der Waals surface area (Å²) in [5, 5.41) is 13.3. The minimum atomic E-state index is 0.00891. The maximum Gasteiger partial charge on any atom is 0.124 e. The third kappa shape index (κ3) is 1.62. The maximum absolute atomic E-state index is 10.1. The molecule has 1 fully saturated rings. The number of hydrogen-bond donors (Lipinski definition) is 2. The lowest BCUT2D eigenvalue weighted by atomic mass is 9.85. The number of benzene rings is 1. The molecule has 2 nitrogen and oxygen atoms in total. The minimum absolute atomic E-state index is 0.00891. The summed E-state index contributed by atoms with van der Waals surface area (Å²) in [6.07, 6.45) is 0. The van der Waals surface area contributed by atoms with E-state index in [9.17, 15) is 5.11 Å². The molecular formula is C12H17NO. The summed E-state index contributed by atoms with van der Waals surface area (Å²) >= 11 is 0. The fraction of sp³-hybridized carbons (Fsp3) is 0.500. The topological polar surface area (TPSA) is 42.2 Å². The molecule has 2 N–H and O–H groups in total. The number of para-hydroxylation sites is 1. The lowest BCUT2D eigenvalue weighted by Gasteiger charge is -2.21. The van der Waals surface area contributed by atoms with Gasteiger partial charge in [0.05, 0.1) is 0 Å². The smallest absolute Gasteiger partial charge is 0.124 e. The molecule has 0 bridgehead atoms. The molecule has 2 heteroatoms. The number of rotatable bonds is 1. The second kappa shape index (κ2) is 2.99. The Bertz CT molecular complexity index is 348. The standard InChI is InChI=1S/C12H17NO/c1-12(2,3)9-6-4-5-8(11(9)14)10-7-13-10/h4-6,10,13-14H,7H2,1-3H3/t10-/m1/s1. The Morgan fingerprint density at radius 2 is 2.00 bits per heavy atom.